The minimum absolute atomic E-state index is 0.101. The second-order valence-electron chi connectivity index (χ2n) is 7.39. The number of halogens is 3. The standard InChI is InChI=1S/C23H23Cl3N4O2S/c1-4-9-30-21(12-32-16-7-5-15(6-8-16)14(2)3)28-29-23(30)33-13-22(31)27-20-11-18(25)17(24)10-19(20)26/h4-8,10-11,14H,1,9,12-13H2,2-3H3,(H,27,31). The summed E-state index contributed by atoms with van der Waals surface area (Å²) in [6.07, 6.45) is 1.74. The number of anilines is 1. The molecule has 0 aliphatic rings. The molecular weight excluding hydrogens is 503 g/mol. The molecule has 0 unspecified atom stereocenters. The van der Waals surface area contributed by atoms with Gasteiger partial charge in [0.2, 0.25) is 5.91 Å². The molecule has 0 aliphatic carbocycles. The van der Waals surface area contributed by atoms with Gasteiger partial charge < -0.3 is 10.1 Å². The van der Waals surface area contributed by atoms with E-state index >= 15 is 0 Å². The average Bonchev–Trinajstić information content (AvgIpc) is 3.16. The monoisotopic (exact) mass is 524 g/mol. The molecule has 0 spiro atoms. The molecular formula is C23H23Cl3N4O2S. The van der Waals surface area contributed by atoms with Crippen molar-refractivity contribution in [3.63, 3.8) is 0 Å². The van der Waals surface area contributed by atoms with E-state index in [4.69, 9.17) is 39.5 Å². The van der Waals surface area contributed by atoms with Crippen LogP contribution in [0.5, 0.6) is 5.75 Å². The molecule has 0 fully saturated rings. The normalized spacial score (nSPS) is 11.0. The molecule has 2 aromatic carbocycles. The number of ether oxygens (including phenoxy) is 1. The maximum atomic E-state index is 12.4. The van der Waals surface area contributed by atoms with Crippen LogP contribution in [0.4, 0.5) is 5.69 Å². The molecule has 0 saturated carbocycles. The maximum absolute atomic E-state index is 12.4. The van der Waals surface area contributed by atoms with Crippen LogP contribution < -0.4 is 10.1 Å². The minimum Gasteiger partial charge on any atom is -0.486 e. The van der Waals surface area contributed by atoms with Crippen molar-refractivity contribution >= 4 is 58.2 Å². The number of allylic oxidation sites excluding steroid dienone is 1. The fourth-order valence-corrected chi connectivity index (χ4v) is 4.24. The smallest absolute Gasteiger partial charge is 0.234 e. The number of aromatic nitrogens is 3. The summed E-state index contributed by atoms with van der Waals surface area (Å²) in [5.74, 6) is 1.68. The van der Waals surface area contributed by atoms with E-state index in [0.29, 0.717) is 44.2 Å². The molecule has 1 amide bonds. The van der Waals surface area contributed by atoms with E-state index in [1.807, 2.05) is 16.7 Å². The van der Waals surface area contributed by atoms with Crippen molar-refractivity contribution in [1.82, 2.24) is 14.8 Å². The first-order chi connectivity index (χ1) is 15.8. The highest BCUT2D eigenvalue weighted by Crippen LogP contribution is 2.32. The summed E-state index contributed by atoms with van der Waals surface area (Å²) in [4.78, 5) is 12.4. The molecule has 0 saturated heterocycles. The van der Waals surface area contributed by atoms with E-state index in [1.165, 1.54) is 29.5 Å². The van der Waals surface area contributed by atoms with Crippen LogP contribution in [0.2, 0.25) is 15.1 Å². The molecule has 3 aromatic rings. The maximum Gasteiger partial charge on any atom is 0.234 e. The Hall–Kier alpha value is -2.19. The Balaban J connectivity index is 1.62. The van der Waals surface area contributed by atoms with E-state index in [2.05, 4.69) is 48.1 Å². The zero-order valence-electron chi connectivity index (χ0n) is 18.1. The van der Waals surface area contributed by atoms with Crippen LogP contribution in [0.3, 0.4) is 0 Å². The first-order valence-corrected chi connectivity index (χ1v) is 12.2. The number of carbonyl (C=O) groups is 1. The van der Waals surface area contributed by atoms with Crippen molar-refractivity contribution < 1.29 is 9.53 Å². The lowest BCUT2D eigenvalue weighted by Gasteiger charge is -2.11. The highest BCUT2D eigenvalue weighted by Gasteiger charge is 2.15. The number of hydrogen-bond donors (Lipinski definition) is 1. The summed E-state index contributed by atoms with van der Waals surface area (Å²) in [5, 5.41) is 12.7. The third-order valence-corrected chi connectivity index (χ3v) is 6.64. The van der Waals surface area contributed by atoms with Crippen molar-refractivity contribution in [3.05, 3.63) is 75.5 Å². The van der Waals surface area contributed by atoms with Gasteiger partial charge in [-0.1, -0.05) is 78.6 Å². The summed E-state index contributed by atoms with van der Waals surface area (Å²) in [7, 11) is 0. The van der Waals surface area contributed by atoms with Crippen LogP contribution in [-0.2, 0) is 17.9 Å². The number of rotatable bonds is 10. The van der Waals surface area contributed by atoms with Gasteiger partial charge in [-0.25, -0.2) is 0 Å². The van der Waals surface area contributed by atoms with Crippen molar-refractivity contribution in [2.75, 3.05) is 11.1 Å². The van der Waals surface area contributed by atoms with Crippen molar-refractivity contribution in [2.45, 2.75) is 38.1 Å². The van der Waals surface area contributed by atoms with Gasteiger partial charge in [0.05, 0.1) is 26.5 Å². The Morgan fingerprint density at radius 3 is 2.52 bits per heavy atom. The zero-order valence-corrected chi connectivity index (χ0v) is 21.2. The van der Waals surface area contributed by atoms with Gasteiger partial charge >= 0.3 is 0 Å². The number of benzene rings is 2. The number of hydrogen-bond acceptors (Lipinski definition) is 5. The largest absolute Gasteiger partial charge is 0.486 e. The van der Waals surface area contributed by atoms with Crippen molar-refractivity contribution in [3.8, 4) is 5.75 Å². The number of carbonyl (C=O) groups excluding carboxylic acids is 1. The molecule has 1 N–H and O–H groups in total. The van der Waals surface area contributed by atoms with Gasteiger partial charge in [0.1, 0.15) is 12.4 Å². The van der Waals surface area contributed by atoms with Crippen LogP contribution in [-0.4, -0.2) is 26.4 Å². The van der Waals surface area contributed by atoms with Crippen LogP contribution in [0, 0.1) is 0 Å². The van der Waals surface area contributed by atoms with Gasteiger partial charge in [0.15, 0.2) is 11.0 Å². The third-order valence-electron chi connectivity index (χ3n) is 4.64. The Morgan fingerprint density at radius 1 is 1.15 bits per heavy atom. The molecule has 0 bridgehead atoms. The Labute approximate surface area is 212 Å². The van der Waals surface area contributed by atoms with E-state index in [0.717, 1.165) is 5.75 Å². The number of nitrogens with zero attached hydrogens (tertiary/aromatic N) is 3. The predicted molar refractivity (Wildman–Crippen MR) is 136 cm³/mol. The minimum atomic E-state index is -0.267. The number of thioether (sulfide) groups is 1. The molecule has 1 heterocycles. The second kappa shape index (κ2) is 11.8. The van der Waals surface area contributed by atoms with E-state index < -0.39 is 0 Å². The van der Waals surface area contributed by atoms with E-state index in [1.54, 1.807) is 6.08 Å². The average molecular weight is 526 g/mol. The van der Waals surface area contributed by atoms with Crippen molar-refractivity contribution in [1.29, 1.82) is 0 Å². The molecule has 0 aliphatic heterocycles. The fraction of sp³-hybridized carbons (Fsp3) is 0.261. The zero-order chi connectivity index (χ0) is 24.0. The first kappa shape index (κ1) is 25.4. The lowest BCUT2D eigenvalue weighted by atomic mass is 10.0. The summed E-state index contributed by atoms with van der Waals surface area (Å²) >= 11 is 19.3. The molecule has 3 rings (SSSR count). The predicted octanol–water partition coefficient (Wildman–Crippen LogP) is 6.86. The van der Waals surface area contributed by atoms with Gasteiger partial charge in [-0.3, -0.25) is 9.36 Å². The van der Waals surface area contributed by atoms with Crippen LogP contribution >= 0.6 is 46.6 Å². The topological polar surface area (TPSA) is 69.0 Å². The first-order valence-electron chi connectivity index (χ1n) is 10.1. The van der Waals surface area contributed by atoms with Crippen molar-refractivity contribution in [2.24, 2.45) is 0 Å². The lowest BCUT2D eigenvalue weighted by molar-refractivity contribution is -0.113. The van der Waals surface area contributed by atoms with Gasteiger partial charge in [-0.05, 0) is 35.7 Å². The molecule has 174 valence electrons. The van der Waals surface area contributed by atoms with Gasteiger partial charge in [-0.15, -0.1) is 16.8 Å². The fourth-order valence-electron chi connectivity index (χ4n) is 2.88. The summed E-state index contributed by atoms with van der Waals surface area (Å²) in [6, 6.07) is 11.0. The van der Waals surface area contributed by atoms with E-state index in [9.17, 15) is 4.79 Å². The highest BCUT2D eigenvalue weighted by molar-refractivity contribution is 7.99. The molecule has 1 aromatic heterocycles. The SMILES string of the molecule is C=CCn1c(COc2ccc(C(C)C)cc2)nnc1SCC(=O)Nc1cc(Cl)c(Cl)cc1Cl. The van der Waals surface area contributed by atoms with Crippen LogP contribution in [0.25, 0.3) is 0 Å². The summed E-state index contributed by atoms with van der Waals surface area (Å²) in [6.45, 7) is 8.82. The highest BCUT2D eigenvalue weighted by atomic mass is 35.5. The quantitative estimate of drug-likeness (QED) is 0.178. The number of nitrogens with one attached hydrogen (secondary N) is 1. The molecule has 33 heavy (non-hydrogen) atoms. The Kier molecular flexibility index (Phi) is 9.09. The third kappa shape index (κ3) is 6.90. The van der Waals surface area contributed by atoms with Gasteiger partial charge in [-0.2, -0.15) is 0 Å². The molecule has 10 heteroatoms. The Morgan fingerprint density at radius 2 is 1.85 bits per heavy atom. The summed E-state index contributed by atoms with van der Waals surface area (Å²) in [5.41, 5.74) is 1.64. The lowest BCUT2D eigenvalue weighted by Crippen LogP contribution is -2.15. The summed E-state index contributed by atoms with van der Waals surface area (Å²) < 4.78 is 7.74. The molecule has 0 atom stereocenters. The second-order valence-corrected chi connectivity index (χ2v) is 9.56. The molecule has 0 radical (unpaired) electrons. The molecule has 6 nitrogen and oxygen atoms in total. The Bertz CT molecular complexity index is 1130. The van der Waals surface area contributed by atoms with Gasteiger partial charge in [0, 0.05) is 6.54 Å². The van der Waals surface area contributed by atoms with Crippen LogP contribution in [0.15, 0.2) is 54.2 Å². The number of amides is 1. The van der Waals surface area contributed by atoms with Crippen LogP contribution in [0.1, 0.15) is 31.2 Å². The van der Waals surface area contributed by atoms with E-state index in [-0.39, 0.29) is 18.3 Å². The van der Waals surface area contributed by atoms with Gasteiger partial charge in [0.25, 0.3) is 0 Å².